The van der Waals surface area contributed by atoms with Crippen LogP contribution in [0.15, 0.2) is 51.9 Å². The second kappa shape index (κ2) is 8.91. The number of pyridine rings is 2. The van der Waals surface area contributed by atoms with Crippen molar-refractivity contribution in [3.05, 3.63) is 74.2 Å². The van der Waals surface area contributed by atoms with E-state index in [1.165, 1.54) is 0 Å². The second-order valence-electron chi connectivity index (χ2n) is 6.50. The molecule has 0 spiro atoms. The minimum Gasteiger partial charge on any atom is -0.490 e. The minimum atomic E-state index is -4.43. The summed E-state index contributed by atoms with van der Waals surface area (Å²) in [6.45, 7) is 3.95. The van der Waals surface area contributed by atoms with Crippen molar-refractivity contribution in [2.24, 2.45) is 0 Å². The van der Waals surface area contributed by atoms with Gasteiger partial charge in [-0.2, -0.15) is 13.2 Å². The highest BCUT2D eigenvalue weighted by Gasteiger charge is 2.30. The first kappa shape index (κ1) is 21.9. The molecule has 1 aromatic carbocycles. The van der Waals surface area contributed by atoms with E-state index in [1.807, 2.05) is 13.8 Å². The first-order valence-corrected chi connectivity index (χ1v) is 9.74. The van der Waals surface area contributed by atoms with Crippen molar-refractivity contribution in [3.8, 4) is 22.8 Å². The molecule has 0 aliphatic rings. The van der Waals surface area contributed by atoms with Gasteiger partial charge >= 0.3 is 6.18 Å². The van der Waals surface area contributed by atoms with Crippen molar-refractivity contribution in [1.82, 2.24) is 9.97 Å². The van der Waals surface area contributed by atoms with Crippen LogP contribution in [-0.4, -0.2) is 23.2 Å². The molecule has 9 heteroatoms. The van der Waals surface area contributed by atoms with E-state index >= 15 is 0 Å². The third-order valence-electron chi connectivity index (χ3n) is 4.31. The van der Waals surface area contributed by atoms with E-state index in [0.717, 1.165) is 35.3 Å². The Morgan fingerprint density at radius 1 is 1.00 bits per heavy atom. The van der Waals surface area contributed by atoms with E-state index in [4.69, 9.17) is 9.47 Å². The summed E-state index contributed by atoms with van der Waals surface area (Å²) in [5, 5.41) is 0. The summed E-state index contributed by atoms with van der Waals surface area (Å²) in [6.07, 6.45) is -3.71. The van der Waals surface area contributed by atoms with Crippen molar-refractivity contribution < 1.29 is 22.6 Å². The molecular weight excluding hydrogens is 465 g/mol. The predicted octanol–water partition coefficient (Wildman–Crippen LogP) is 5.29. The zero-order valence-corrected chi connectivity index (χ0v) is 17.7. The number of ether oxygens (including phenoxy) is 2. The fourth-order valence-electron chi connectivity index (χ4n) is 2.85. The molecule has 1 N–H and O–H groups in total. The van der Waals surface area contributed by atoms with Gasteiger partial charge in [-0.25, -0.2) is 4.98 Å². The Bertz CT molecular complexity index is 1080. The molecule has 0 fully saturated rings. The average molecular weight is 483 g/mol. The molecule has 0 aliphatic heterocycles. The first-order chi connectivity index (χ1) is 14.2. The van der Waals surface area contributed by atoms with E-state index < -0.39 is 11.7 Å². The molecule has 0 aliphatic carbocycles. The lowest BCUT2D eigenvalue weighted by Crippen LogP contribution is -2.12. The maximum absolute atomic E-state index is 12.5. The van der Waals surface area contributed by atoms with Crippen LogP contribution in [0.4, 0.5) is 13.2 Å². The standard InChI is InChI=1S/C21H18BrF3N2O3/c1-12-18(20(28)19(22)13(2)27-12)14-3-6-16(7-4-14)29-9-10-30-17-8-5-15(11-26-17)21(23,24)25/h3-8,11H,9-10H2,1-2H3,(H,27,28). The molecule has 0 amide bonds. The number of nitrogens with one attached hydrogen (secondary N) is 1. The lowest BCUT2D eigenvalue weighted by molar-refractivity contribution is -0.137. The van der Waals surface area contributed by atoms with Gasteiger partial charge in [-0.05, 0) is 53.5 Å². The van der Waals surface area contributed by atoms with Gasteiger partial charge in [0.15, 0.2) is 0 Å². The summed E-state index contributed by atoms with van der Waals surface area (Å²) in [5.41, 5.74) is 1.95. The molecule has 0 saturated heterocycles. The van der Waals surface area contributed by atoms with Crippen molar-refractivity contribution in [3.63, 3.8) is 0 Å². The van der Waals surface area contributed by atoms with Crippen LogP contribution in [0.5, 0.6) is 11.6 Å². The summed E-state index contributed by atoms with van der Waals surface area (Å²) in [4.78, 5) is 19.3. The van der Waals surface area contributed by atoms with Gasteiger partial charge in [0.1, 0.15) is 19.0 Å². The van der Waals surface area contributed by atoms with Crippen LogP contribution in [0.3, 0.4) is 0 Å². The number of hydrogen-bond donors (Lipinski definition) is 1. The molecule has 0 radical (unpaired) electrons. The van der Waals surface area contributed by atoms with Gasteiger partial charge in [0.25, 0.3) is 0 Å². The summed E-state index contributed by atoms with van der Waals surface area (Å²) in [5.74, 6) is 0.657. The van der Waals surface area contributed by atoms with Crippen molar-refractivity contribution in [1.29, 1.82) is 0 Å². The molecule has 30 heavy (non-hydrogen) atoms. The number of aryl methyl sites for hydroxylation is 2. The lowest BCUT2D eigenvalue weighted by atomic mass is 10.0. The van der Waals surface area contributed by atoms with Gasteiger partial charge in [0.05, 0.1) is 10.0 Å². The monoisotopic (exact) mass is 482 g/mol. The molecule has 0 atom stereocenters. The second-order valence-corrected chi connectivity index (χ2v) is 7.29. The summed E-state index contributed by atoms with van der Waals surface area (Å²) < 4.78 is 48.9. The smallest absolute Gasteiger partial charge is 0.417 e. The van der Waals surface area contributed by atoms with Crippen molar-refractivity contribution in [2.45, 2.75) is 20.0 Å². The molecule has 5 nitrogen and oxygen atoms in total. The Labute approximate surface area is 179 Å². The molecule has 0 saturated carbocycles. The van der Waals surface area contributed by atoms with E-state index in [-0.39, 0.29) is 24.5 Å². The fourth-order valence-corrected chi connectivity index (χ4v) is 3.15. The highest BCUT2D eigenvalue weighted by Crippen LogP contribution is 2.29. The van der Waals surface area contributed by atoms with E-state index in [0.29, 0.717) is 15.8 Å². The van der Waals surface area contributed by atoms with Gasteiger partial charge in [0.2, 0.25) is 11.3 Å². The highest BCUT2D eigenvalue weighted by atomic mass is 79.9. The zero-order chi connectivity index (χ0) is 21.9. The van der Waals surface area contributed by atoms with E-state index in [1.54, 1.807) is 24.3 Å². The lowest BCUT2D eigenvalue weighted by Gasteiger charge is -2.11. The van der Waals surface area contributed by atoms with Crippen LogP contribution < -0.4 is 14.9 Å². The fraction of sp³-hybridized carbons (Fsp3) is 0.238. The van der Waals surface area contributed by atoms with Crippen molar-refractivity contribution in [2.75, 3.05) is 13.2 Å². The summed E-state index contributed by atoms with van der Waals surface area (Å²) in [7, 11) is 0. The van der Waals surface area contributed by atoms with Gasteiger partial charge < -0.3 is 14.5 Å². The third-order valence-corrected chi connectivity index (χ3v) is 5.27. The number of nitrogens with zero attached hydrogens (tertiary/aromatic N) is 1. The molecule has 0 unspecified atom stereocenters. The number of hydrogen-bond acceptors (Lipinski definition) is 4. The van der Waals surface area contributed by atoms with E-state index in [9.17, 15) is 18.0 Å². The Morgan fingerprint density at radius 3 is 2.27 bits per heavy atom. The summed E-state index contributed by atoms with van der Waals surface area (Å²) >= 11 is 3.31. The number of rotatable bonds is 6. The molecule has 2 heterocycles. The number of halogens is 4. The number of benzene rings is 1. The van der Waals surface area contributed by atoms with Gasteiger partial charge in [0, 0.05) is 29.2 Å². The Morgan fingerprint density at radius 2 is 1.67 bits per heavy atom. The van der Waals surface area contributed by atoms with Gasteiger partial charge in [-0.3, -0.25) is 4.79 Å². The highest BCUT2D eigenvalue weighted by molar-refractivity contribution is 9.10. The normalized spacial score (nSPS) is 11.4. The molecule has 2 aromatic heterocycles. The SMILES string of the molecule is Cc1[nH]c(C)c(-c2ccc(OCCOc3ccc(C(F)(F)F)cn3)cc2)c(=O)c1Br. The Balaban J connectivity index is 1.57. The Hall–Kier alpha value is -2.81. The maximum atomic E-state index is 12.5. The molecule has 158 valence electrons. The number of H-pyrrole nitrogens is 1. The third kappa shape index (κ3) is 5.02. The van der Waals surface area contributed by atoms with E-state index in [2.05, 4.69) is 25.9 Å². The van der Waals surface area contributed by atoms with Crippen LogP contribution in [0.2, 0.25) is 0 Å². The zero-order valence-electron chi connectivity index (χ0n) is 16.1. The average Bonchev–Trinajstić information content (AvgIpc) is 2.70. The first-order valence-electron chi connectivity index (χ1n) is 8.95. The van der Waals surface area contributed by atoms with Crippen LogP contribution in [0.25, 0.3) is 11.1 Å². The maximum Gasteiger partial charge on any atom is 0.417 e. The van der Waals surface area contributed by atoms with Crippen LogP contribution in [0, 0.1) is 13.8 Å². The topological polar surface area (TPSA) is 64.2 Å². The molecular formula is C21H18BrF3N2O3. The Kier molecular flexibility index (Phi) is 6.50. The number of aromatic nitrogens is 2. The minimum absolute atomic E-state index is 0.0848. The largest absolute Gasteiger partial charge is 0.490 e. The number of alkyl halides is 3. The summed E-state index contributed by atoms with van der Waals surface area (Å²) in [6, 6.07) is 9.11. The van der Waals surface area contributed by atoms with Crippen molar-refractivity contribution >= 4 is 15.9 Å². The van der Waals surface area contributed by atoms with Gasteiger partial charge in [-0.1, -0.05) is 12.1 Å². The molecule has 3 aromatic rings. The van der Waals surface area contributed by atoms with Gasteiger partial charge in [-0.15, -0.1) is 0 Å². The van der Waals surface area contributed by atoms with Crippen LogP contribution in [-0.2, 0) is 6.18 Å². The predicted molar refractivity (Wildman–Crippen MR) is 110 cm³/mol. The van der Waals surface area contributed by atoms with Crippen LogP contribution in [0.1, 0.15) is 17.0 Å². The number of aromatic amines is 1. The molecule has 3 rings (SSSR count). The van der Waals surface area contributed by atoms with Crippen LogP contribution >= 0.6 is 15.9 Å². The quantitative estimate of drug-likeness (QED) is 0.484. The molecule has 0 bridgehead atoms.